The van der Waals surface area contributed by atoms with E-state index in [-0.39, 0.29) is 19.2 Å². The van der Waals surface area contributed by atoms with Crippen molar-refractivity contribution < 1.29 is 44.2 Å². The molecule has 1 aliphatic rings. The number of aliphatic hydroxyl groups excluding tert-OH is 4. The summed E-state index contributed by atoms with van der Waals surface area (Å²) in [6, 6.07) is 0. The third-order valence-electron chi connectivity index (χ3n) is 10.7. The molecule has 1 rings (SSSR count). The summed E-state index contributed by atoms with van der Waals surface area (Å²) in [6.45, 7) is 4.51. The van der Waals surface area contributed by atoms with Crippen molar-refractivity contribution in [2.75, 3.05) is 26.4 Å². The lowest BCUT2D eigenvalue weighted by atomic mass is 9.99. The molecule has 4 N–H and O–H groups in total. The van der Waals surface area contributed by atoms with Gasteiger partial charge in [0.1, 0.15) is 30.5 Å². The predicted octanol–water partition coefficient (Wildman–Crippen LogP) is 10.9. The molecule has 1 aliphatic heterocycles. The van der Waals surface area contributed by atoms with E-state index in [4.69, 9.17) is 18.9 Å². The zero-order valence-corrected chi connectivity index (χ0v) is 37.0. The molecule has 6 atom stereocenters. The summed E-state index contributed by atoms with van der Waals surface area (Å²) < 4.78 is 22.8. The van der Waals surface area contributed by atoms with Crippen molar-refractivity contribution in [1.29, 1.82) is 0 Å². The maximum atomic E-state index is 12.8. The average Bonchev–Trinajstić information content (AvgIpc) is 3.22. The van der Waals surface area contributed by atoms with Gasteiger partial charge in [0.25, 0.3) is 0 Å². The minimum absolute atomic E-state index is 0.122. The van der Waals surface area contributed by atoms with E-state index >= 15 is 0 Å². The minimum Gasteiger partial charge on any atom is -0.457 e. The number of carbonyl (C=O) groups excluding carboxylic acids is 1. The minimum atomic E-state index is -1.54. The molecule has 0 aliphatic carbocycles. The van der Waals surface area contributed by atoms with Gasteiger partial charge >= 0.3 is 5.97 Å². The van der Waals surface area contributed by atoms with E-state index in [1.807, 2.05) is 0 Å². The lowest BCUT2D eigenvalue weighted by Crippen LogP contribution is -2.59. The molecule has 338 valence electrons. The standard InChI is InChI=1S/C49H88O9/c1-3-5-7-9-11-13-15-17-19-20-21-22-23-24-25-26-28-30-32-34-36-38-45(51)57-43(42-56-49-48(54)47(53)46(52)44(40-50)58-49)41-55-39-37-35-33-31-29-27-18-16-14-12-10-8-6-4-2/h14-17,20-21,23-24,43-44,46-50,52-54H,3-13,18-19,22,25-42H2,1-2H3/b16-14-,17-15-,21-20-,24-23-. The second kappa shape index (κ2) is 40.6. The zero-order chi connectivity index (χ0) is 42.2. The van der Waals surface area contributed by atoms with Crippen molar-refractivity contribution in [3.8, 4) is 0 Å². The molecule has 58 heavy (non-hydrogen) atoms. The molecule has 0 aromatic carbocycles. The largest absolute Gasteiger partial charge is 0.457 e. The third-order valence-corrected chi connectivity index (χ3v) is 10.7. The van der Waals surface area contributed by atoms with Gasteiger partial charge in [-0.05, 0) is 77.0 Å². The van der Waals surface area contributed by atoms with Crippen molar-refractivity contribution in [2.24, 2.45) is 0 Å². The molecule has 1 fully saturated rings. The van der Waals surface area contributed by atoms with E-state index in [1.165, 1.54) is 103 Å². The number of carbonyl (C=O) groups is 1. The molecule has 0 radical (unpaired) electrons. The van der Waals surface area contributed by atoms with Crippen LogP contribution in [-0.4, -0.2) is 89.6 Å². The molecule has 0 spiro atoms. The van der Waals surface area contributed by atoms with Gasteiger partial charge in [-0.1, -0.05) is 159 Å². The maximum absolute atomic E-state index is 12.8. The van der Waals surface area contributed by atoms with Crippen LogP contribution in [0.3, 0.4) is 0 Å². The molecular weight excluding hydrogens is 733 g/mol. The Morgan fingerprint density at radius 3 is 1.53 bits per heavy atom. The van der Waals surface area contributed by atoms with Gasteiger partial charge in [0.05, 0.1) is 19.8 Å². The number of hydrogen-bond donors (Lipinski definition) is 4. The van der Waals surface area contributed by atoms with E-state index in [2.05, 4.69) is 62.5 Å². The van der Waals surface area contributed by atoms with Gasteiger partial charge in [0, 0.05) is 13.0 Å². The van der Waals surface area contributed by atoms with Crippen LogP contribution in [0.25, 0.3) is 0 Å². The quantitative estimate of drug-likeness (QED) is 0.0271. The van der Waals surface area contributed by atoms with Crippen molar-refractivity contribution in [3.05, 3.63) is 48.6 Å². The second-order valence-electron chi connectivity index (χ2n) is 16.2. The SMILES string of the molecule is CCCCCC/C=C\CCCCCCCCOCC(COC1OC(CO)C(O)C(O)C1O)OC(=O)CCCCCCCC/C=C\C/C=C\C/C=C\CCCCCCC. The van der Waals surface area contributed by atoms with Gasteiger partial charge < -0.3 is 39.4 Å². The van der Waals surface area contributed by atoms with Gasteiger partial charge in [-0.25, -0.2) is 0 Å². The van der Waals surface area contributed by atoms with Crippen LogP contribution < -0.4 is 0 Å². The highest BCUT2D eigenvalue weighted by atomic mass is 16.7. The first kappa shape index (κ1) is 54.2. The summed E-state index contributed by atoms with van der Waals surface area (Å²) in [5.74, 6) is -0.328. The van der Waals surface area contributed by atoms with Crippen molar-refractivity contribution in [2.45, 2.75) is 230 Å². The fourth-order valence-corrected chi connectivity index (χ4v) is 6.96. The summed E-state index contributed by atoms with van der Waals surface area (Å²) in [5.41, 5.74) is 0. The topological polar surface area (TPSA) is 135 Å². The highest BCUT2D eigenvalue weighted by molar-refractivity contribution is 5.69. The molecule has 9 nitrogen and oxygen atoms in total. The number of aliphatic hydroxyl groups is 4. The number of unbranched alkanes of at least 4 members (excludes halogenated alkanes) is 21. The van der Waals surface area contributed by atoms with Crippen molar-refractivity contribution in [1.82, 2.24) is 0 Å². The Morgan fingerprint density at radius 1 is 0.552 bits per heavy atom. The number of esters is 1. The van der Waals surface area contributed by atoms with Crippen LogP contribution in [0.2, 0.25) is 0 Å². The Labute approximate surface area is 354 Å². The number of allylic oxidation sites excluding steroid dienone is 8. The summed E-state index contributed by atoms with van der Waals surface area (Å²) in [4.78, 5) is 12.8. The van der Waals surface area contributed by atoms with E-state index in [1.54, 1.807) is 0 Å². The summed E-state index contributed by atoms with van der Waals surface area (Å²) in [7, 11) is 0. The second-order valence-corrected chi connectivity index (χ2v) is 16.2. The molecule has 1 saturated heterocycles. The smallest absolute Gasteiger partial charge is 0.306 e. The van der Waals surface area contributed by atoms with Crippen molar-refractivity contribution >= 4 is 5.97 Å². The molecule has 0 aromatic rings. The molecule has 0 aromatic heterocycles. The molecule has 9 heteroatoms. The summed E-state index contributed by atoms with van der Waals surface area (Å²) in [5, 5.41) is 40.1. The third kappa shape index (κ3) is 31.1. The first-order chi connectivity index (χ1) is 28.4. The van der Waals surface area contributed by atoms with E-state index in [0.29, 0.717) is 13.0 Å². The average molecular weight is 821 g/mol. The Hall–Kier alpha value is -1.85. The Balaban J connectivity index is 2.26. The van der Waals surface area contributed by atoms with Crippen molar-refractivity contribution in [3.63, 3.8) is 0 Å². The number of ether oxygens (including phenoxy) is 4. The van der Waals surface area contributed by atoms with Crippen LogP contribution >= 0.6 is 0 Å². The lowest BCUT2D eigenvalue weighted by molar-refractivity contribution is -0.305. The maximum Gasteiger partial charge on any atom is 0.306 e. The van der Waals surface area contributed by atoms with E-state index in [0.717, 1.165) is 70.6 Å². The number of hydrogen-bond acceptors (Lipinski definition) is 9. The normalized spacial score (nSPS) is 20.7. The molecule has 0 bridgehead atoms. The van der Waals surface area contributed by atoms with Gasteiger partial charge in [-0.3, -0.25) is 4.79 Å². The Morgan fingerprint density at radius 2 is 1.00 bits per heavy atom. The first-order valence-electron chi connectivity index (χ1n) is 23.7. The Bertz CT molecular complexity index is 1030. The van der Waals surface area contributed by atoms with Gasteiger partial charge in [-0.15, -0.1) is 0 Å². The van der Waals surface area contributed by atoms with Crippen LogP contribution in [-0.2, 0) is 23.7 Å². The Kier molecular flexibility index (Phi) is 37.9. The molecule has 0 amide bonds. The molecule has 1 heterocycles. The fourth-order valence-electron chi connectivity index (χ4n) is 6.96. The van der Waals surface area contributed by atoms with Crippen LogP contribution in [0.1, 0.15) is 194 Å². The van der Waals surface area contributed by atoms with Crippen LogP contribution in [0.5, 0.6) is 0 Å². The van der Waals surface area contributed by atoms with Gasteiger partial charge in [0.15, 0.2) is 6.29 Å². The fraction of sp³-hybridized carbons (Fsp3) is 0.816. The first-order valence-corrected chi connectivity index (χ1v) is 23.7. The summed E-state index contributed by atoms with van der Waals surface area (Å²) in [6.07, 6.45) is 42.7. The highest BCUT2D eigenvalue weighted by Gasteiger charge is 2.44. The number of rotatable bonds is 40. The highest BCUT2D eigenvalue weighted by Crippen LogP contribution is 2.22. The lowest BCUT2D eigenvalue weighted by Gasteiger charge is -2.39. The monoisotopic (exact) mass is 821 g/mol. The van der Waals surface area contributed by atoms with Crippen LogP contribution in [0.4, 0.5) is 0 Å². The zero-order valence-electron chi connectivity index (χ0n) is 37.0. The predicted molar refractivity (Wildman–Crippen MR) is 238 cm³/mol. The van der Waals surface area contributed by atoms with Gasteiger partial charge in [-0.2, -0.15) is 0 Å². The molecule has 6 unspecified atom stereocenters. The van der Waals surface area contributed by atoms with Crippen LogP contribution in [0, 0.1) is 0 Å². The summed E-state index contributed by atoms with van der Waals surface area (Å²) >= 11 is 0. The molecular formula is C49H88O9. The van der Waals surface area contributed by atoms with E-state index < -0.39 is 43.4 Å². The molecule has 0 saturated carbocycles. The van der Waals surface area contributed by atoms with Gasteiger partial charge in [0.2, 0.25) is 0 Å². The van der Waals surface area contributed by atoms with Crippen LogP contribution in [0.15, 0.2) is 48.6 Å². The van der Waals surface area contributed by atoms with E-state index in [9.17, 15) is 25.2 Å².